The van der Waals surface area contributed by atoms with Crippen LogP contribution in [0.1, 0.15) is 39.0 Å². The summed E-state index contributed by atoms with van der Waals surface area (Å²) in [6.45, 7) is 2.78. The molecule has 0 heterocycles. The van der Waals surface area contributed by atoms with Gasteiger partial charge in [0, 0.05) is 32.6 Å². The zero-order chi connectivity index (χ0) is 13.8. The second-order valence-electron chi connectivity index (χ2n) is 5.50. The molecule has 0 aromatic carbocycles. The van der Waals surface area contributed by atoms with Crippen LogP contribution in [0.3, 0.4) is 0 Å². The zero-order valence-electron chi connectivity index (χ0n) is 11.7. The van der Waals surface area contributed by atoms with Crippen LogP contribution in [0.2, 0.25) is 0 Å². The van der Waals surface area contributed by atoms with Crippen molar-refractivity contribution >= 4 is 11.8 Å². The van der Waals surface area contributed by atoms with E-state index in [1.807, 2.05) is 6.92 Å². The van der Waals surface area contributed by atoms with Gasteiger partial charge in [0.15, 0.2) is 0 Å². The van der Waals surface area contributed by atoms with Gasteiger partial charge in [-0.15, -0.1) is 0 Å². The van der Waals surface area contributed by atoms with Crippen LogP contribution in [0.4, 0.5) is 0 Å². The Morgan fingerprint density at radius 3 is 2.22 bits per heavy atom. The summed E-state index contributed by atoms with van der Waals surface area (Å²) in [6.07, 6.45) is 4.16. The predicted octanol–water partition coefficient (Wildman–Crippen LogP) is 0.585. The smallest absolute Gasteiger partial charge is 0.241 e. The van der Waals surface area contributed by atoms with Gasteiger partial charge in [-0.1, -0.05) is 6.92 Å². The van der Waals surface area contributed by atoms with Crippen LogP contribution in [0.15, 0.2) is 0 Å². The van der Waals surface area contributed by atoms with Crippen molar-refractivity contribution in [2.45, 2.75) is 44.6 Å². The summed E-state index contributed by atoms with van der Waals surface area (Å²) in [5.74, 6) is -0.0364. The van der Waals surface area contributed by atoms with E-state index in [0.717, 1.165) is 25.7 Å². The number of hydrogen-bond donors (Lipinski definition) is 1. The van der Waals surface area contributed by atoms with Gasteiger partial charge >= 0.3 is 0 Å². The van der Waals surface area contributed by atoms with Crippen molar-refractivity contribution in [3.8, 4) is 0 Å². The molecule has 18 heavy (non-hydrogen) atoms. The minimum Gasteiger partial charge on any atom is -0.347 e. The van der Waals surface area contributed by atoms with Gasteiger partial charge in [0.1, 0.15) is 0 Å². The Balaban J connectivity index is 2.54. The summed E-state index contributed by atoms with van der Waals surface area (Å²) < 4.78 is 0. The van der Waals surface area contributed by atoms with E-state index in [-0.39, 0.29) is 23.9 Å². The fourth-order valence-electron chi connectivity index (χ4n) is 2.09. The molecule has 1 rings (SSSR count). The van der Waals surface area contributed by atoms with E-state index >= 15 is 0 Å². The lowest BCUT2D eigenvalue weighted by atomic mass is 9.75. The van der Waals surface area contributed by atoms with Crippen LogP contribution >= 0.6 is 0 Å². The summed E-state index contributed by atoms with van der Waals surface area (Å²) in [7, 11) is 3.40. The molecular weight excluding hydrogens is 230 g/mol. The lowest BCUT2D eigenvalue weighted by Crippen LogP contribution is -2.51. The number of carbonyl (C=O) groups excluding carboxylic acids is 2. The van der Waals surface area contributed by atoms with E-state index < -0.39 is 0 Å². The Morgan fingerprint density at radius 2 is 1.83 bits per heavy atom. The van der Waals surface area contributed by atoms with Gasteiger partial charge in [-0.05, 0) is 25.7 Å². The Hall–Kier alpha value is -1.10. The van der Waals surface area contributed by atoms with Crippen molar-refractivity contribution in [3.63, 3.8) is 0 Å². The van der Waals surface area contributed by atoms with E-state index in [4.69, 9.17) is 5.73 Å². The standard InChI is InChI=1S/C13H25N3O2/c1-4-8-16(10-12(18)15(2)3)11(17)9-13(14)6-5-7-13/h4-10,14H2,1-3H3. The molecule has 0 aliphatic heterocycles. The molecule has 2 amide bonds. The van der Waals surface area contributed by atoms with Gasteiger partial charge in [0.05, 0.1) is 6.54 Å². The molecule has 1 aliphatic carbocycles. The third kappa shape index (κ3) is 3.98. The minimum absolute atomic E-state index is 0.00856. The van der Waals surface area contributed by atoms with E-state index in [9.17, 15) is 9.59 Å². The Bertz CT molecular complexity index is 311. The van der Waals surface area contributed by atoms with Crippen molar-refractivity contribution in [3.05, 3.63) is 0 Å². The van der Waals surface area contributed by atoms with Crippen LogP contribution < -0.4 is 5.73 Å². The monoisotopic (exact) mass is 255 g/mol. The summed E-state index contributed by atoms with van der Waals surface area (Å²) in [6, 6.07) is 0. The summed E-state index contributed by atoms with van der Waals surface area (Å²) >= 11 is 0. The van der Waals surface area contributed by atoms with Crippen molar-refractivity contribution in [2.75, 3.05) is 27.2 Å². The van der Waals surface area contributed by atoms with Gasteiger partial charge in [-0.25, -0.2) is 0 Å². The maximum Gasteiger partial charge on any atom is 0.241 e. The predicted molar refractivity (Wildman–Crippen MR) is 71.0 cm³/mol. The van der Waals surface area contributed by atoms with Crippen LogP contribution in [-0.4, -0.2) is 54.3 Å². The first-order valence-electron chi connectivity index (χ1n) is 6.65. The fraction of sp³-hybridized carbons (Fsp3) is 0.846. The molecule has 0 radical (unpaired) electrons. The third-order valence-corrected chi connectivity index (χ3v) is 3.52. The first-order chi connectivity index (χ1) is 8.38. The second-order valence-corrected chi connectivity index (χ2v) is 5.50. The quantitative estimate of drug-likeness (QED) is 0.755. The number of hydrogen-bond acceptors (Lipinski definition) is 3. The Morgan fingerprint density at radius 1 is 1.22 bits per heavy atom. The largest absolute Gasteiger partial charge is 0.347 e. The average molecular weight is 255 g/mol. The van der Waals surface area contributed by atoms with Crippen LogP contribution in [0.5, 0.6) is 0 Å². The highest BCUT2D eigenvalue weighted by Crippen LogP contribution is 2.32. The molecule has 0 spiro atoms. The van der Waals surface area contributed by atoms with Crippen LogP contribution in [-0.2, 0) is 9.59 Å². The van der Waals surface area contributed by atoms with E-state index in [0.29, 0.717) is 13.0 Å². The third-order valence-electron chi connectivity index (χ3n) is 3.52. The number of carbonyl (C=O) groups is 2. The maximum absolute atomic E-state index is 12.2. The molecule has 5 heteroatoms. The van der Waals surface area contributed by atoms with Crippen molar-refractivity contribution in [1.82, 2.24) is 9.80 Å². The van der Waals surface area contributed by atoms with Crippen LogP contribution in [0.25, 0.3) is 0 Å². The lowest BCUT2D eigenvalue weighted by molar-refractivity contribution is -0.140. The van der Waals surface area contributed by atoms with Gasteiger partial charge in [0.2, 0.25) is 11.8 Å². The topological polar surface area (TPSA) is 66.6 Å². The highest BCUT2D eigenvalue weighted by molar-refractivity contribution is 5.85. The van der Waals surface area contributed by atoms with Gasteiger partial charge < -0.3 is 15.5 Å². The molecule has 1 aliphatic rings. The first-order valence-corrected chi connectivity index (χ1v) is 6.65. The molecule has 2 N–H and O–H groups in total. The van der Waals surface area contributed by atoms with Crippen molar-refractivity contribution in [1.29, 1.82) is 0 Å². The molecule has 104 valence electrons. The highest BCUT2D eigenvalue weighted by atomic mass is 16.2. The normalized spacial score (nSPS) is 16.9. The number of likely N-dealkylation sites (N-methyl/N-ethyl adjacent to an activating group) is 1. The fourth-order valence-corrected chi connectivity index (χ4v) is 2.09. The summed E-state index contributed by atoms with van der Waals surface area (Å²) in [5, 5.41) is 0. The molecule has 5 nitrogen and oxygen atoms in total. The average Bonchev–Trinajstić information content (AvgIpc) is 2.25. The van der Waals surface area contributed by atoms with Crippen molar-refractivity contribution < 1.29 is 9.59 Å². The number of nitrogens with two attached hydrogens (primary N) is 1. The Labute approximate surface area is 109 Å². The SMILES string of the molecule is CCCN(CC(=O)N(C)C)C(=O)CC1(N)CCC1. The Kier molecular flexibility index (Phi) is 5.14. The second kappa shape index (κ2) is 6.18. The lowest BCUT2D eigenvalue weighted by Gasteiger charge is -2.39. The van der Waals surface area contributed by atoms with Gasteiger partial charge in [-0.2, -0.15) is 0 Å². The molecule has 0 saturated heterocycles. The maximum atomic E-state index is 12.2. The molecule has 0 unspecified atom stereocenters. The first kappa shape index (κ1) is 15.0. The molecule has 0 aromatic heterocycles. The minimum atomic E-state index is -0.315. The molecule has 0 aromatic rings. The highest BCUT2D eigenvalue weighted by Gasteiger charge is 2.36. The summed E-state index contributed by atoms with van der Waals surface area (Å²) in [4.78, 5) is 27.0. The molecule has 0 atom stereocenters. The van der Waals surface area contributed by atoms with Crippen LogP contribution in [0, 0.1) is 0 Å². The number of rotatable bonds is 6. The van der Waals surface area contributed by atoms with Crippen molar-refractivity contribution in [2.24, 2.45) is 5.73 Å². The number of nitrogens with zero attached hydrogens (tertiary/aromatic N) is 2. The zero-order valence-corrected chi connectivity index (χ0v) is 11.7. The van der Waals surface area contributed by atoms with Gasteiger partial charge in [-0.3, -0.25) is 9.59 Å². The van der Waals surface area contributed by atoms with E-state index in [1.165, 1.54) is 4.90 Å². The van der Waals surface area contributed by atoms with E-state index in [2.05, 4.69) is 0 Å². The van der Waals surface area contributed by atoms with Gasteiger partial charge in [0.25, 0.3) is 0 Å². The molecular formula is C13H25N3O2. The summed E-state index contributed by atoms with van der Waals surface area (Å²) in [5.41, 5.74) is 5.77. The number of amides is 2. The molecule has 0 bridgehead atoms. The molecule has 1 fully saturated rings. The molecule has 1 saturated carbocycles. The van der Waals surface area contributed by atoms with E-state index in [1.54, 1.807) is 19.0 Å².